The Morgan fingerprint density at radius 1 is 1.11 bits per heavy atom. The Balaban J connectivity index is 1.63. The van der Waals surface area contributed by atoms with Crippen molar-refractivity contribution in [3.05, 3.63) is 53.6 Å². The monoisotopic (exact) mass is 369 g/mol. The number of nitrogens with one attached hydrogen (secondary N) is 1. The molecule has 6 nitrogen and oxygen atoms in total. The number of ether oxygens (including phenoxy) is 2. The molecule has 0 saturated heterocycles. The number of aliphatic imine (C=N–C) groups is 1. The van der Waals surface area contributed by atoms with Gasteiger partial charge < -0.3 is 24.8 Å². The average molecular weight is 369 g/mol. The zero-order valence-corrected chi connectivity index (χ0v) is 15.9. The summed E-state index contributed by atoms with van der Waals surface area (Å²) in [4.78, 5) is 6.81. The second kappa shape index (κ2) is 9.16. The minimum Gasteiger partial charge on any atom is -0.508 e. The molecule has 2 N–H and O–H groups in total. The highest BCUT2D eigenvalue weighted by molar-refractivity contribution is 5.79. The largest absolute Gasteiger partial charge is 0.508 e. The van der Waals surface area contributed by atoms with E-state index < -0.39 is 0 Å². The number of hydrogen-bond donors (Lipinski definition) is 2. The number of guanidine groups is 1. The van der Waals surface area contributed by atoms with Gasteiger partial charge >= 0.3 is 0 Å². The maximum Gasteiger partial charge on any atom is 0.193 e. The highest BCUT2D eigenvalue weighted by atomic mass is 16.6. The van der Waals surface area contributed by atoms with Gasteiger partial charge in [-0.25, -0.2) is 0 Å². The molecule has 0 spiro atoms. The topological polar surface area (TPSA) is 66.3 Å². The van der Waals surface area contributed by atoms with Crippen molar-refractivity contribution in [1.82, 2.24) is 10.2 Å². The van der Waals surface area contributed by atoms with Crippen molar-refractivity contribution in [3.8, 4) is 17.2 Å². The second-order valence-corrected chi connectivity index (χ2v) is 6.49. The van der Waals surface area contributed by atoms with E-state index in [0.29, 0.717) is 32.1 Å². The van der Waals surface area contributed by atoms with Crippen LogP contribution in [0.2, 0.25) is 0 Å². The lowest BCUT2D eigenvalue weighted by Crippen LogP contribution is -2.38. The number of hydrogen-bond acceptors (Lipinski definition) is 4. The third-order valence-electron chi connectivity index (χ3n) is 4.30. The summed E-state index contributed by atoms with van der Waals surface area (Å²) in [5, 5.41) is 12.9. The van der Waals surface area contributed by atoms with E-state index in [2.05, 4.69) is 23.2 Å². The van der Waals surface area contributed by atoms with E-state index >= 15 is 0 Å². The van der Waals surface area contributed by atoms with Gasteiger partial charge in [-0.05, 0) is 48.7 Å². The predicted molar refractivity (Wildman–Crippen MR) is 107 cm³/mol. The Morgan fingerprint density at radius 3 is 2.70 bits per heavy atom. The van der Waals surface area contributed by atoms with Crippen molar-refractivity contribution >= 4 is 5.96 Å². The van der Waals surface area contributed by atoms with Gasteiger partial charge in [-0.2, -0.15) is 0 Å². The zero-order valence-electron chi connectivity index (χ0n) is 15.9. The number of nitrogens with zero attached hydrogens (tertiary/aromatic N) is 2. The van der Waals surface area contributed by atoms with Gasteiger partial charge in [-0.3, -0.25) is 4.99 Å². The molecule has 2 aromatic carbocycles. The minimum atomic E-state index is 0.291. The summed E-state index contributed by atoms with van der Waals surface area (Å²) in [5.74, 6) is 2.75. The molecule has 3 rings (SSSR count). The predicted octanol–water partition coefficient (Wildman–Crippen LogP) is 2.80. The standard InChI is InChI=1S/C21H27N3O3/c1-3-22-21(23-10-9-16-5-4-6-18(25)13-16)24(2)15-17-7-8-19-20(14-17)27-12-11-26-19/h4-8,13-14,25H,3,9-12,15H2,1-2H3,(H,22,23). The van der Waals surface area contributed by atoms with Gasteiger partial charge in [0.25, 0.3) is 0 Å². The van der Waals surface area contributed by atoms with Gasteiger partial charge in [0.2, 0.25) is 0 Å². The third kappa shape index (κ3) is 5.29. The lowest BCUT2D eigenvalue weighted by molar-refractivity contribution is 0.171. The van der Waals surface area contributed by atoms with Gasteiger partial charge in [0, 0.05) is 26.7 Å². The van der Waals surface area contributed by atoms with Crippen molar-refractivity contribution in [1.29, 1.82) is 0 Å². The van der Waals surface area contributed by atoms with Crippen LogP contribution in [0.5, 0.6) is 17.2 Å². The second-order valence-electron chi connectivity index (χ2n) is 6.49. The number of rotatable bonds is 6. The van der Waals surface area contributed by atoms with Gasteiger partial charge in [-0.15, -0.1) is 0 Å². The number of benzene rings is 2. The van der Waals surface area contributed by atoms with E-state index in [0.717, 1.165) is 41.6 Å². The Morgan fingerprint density at radius 2 is 1.93 bits per heavy atom. The first-order chi connectivity index (χ1) is 13.2. The molecule has 0 bridgehead atoms. The first kappa shape index (κ1) is 18.9. The van der Waals surface area contributed by atoms with Crippen molar-refractivity contribution in [2.75, 3.05) is 33.4 Å². The summed E-state index contributed by atoms with van der Waals surface area (Å²) in [5.41, 5.74) is 2.21. The van der Waals surface area contributed by atoms with Crippen LogP contribution in [0.25, 0.3) is 0 Å². The van der Waals surface area contributed by atoms with E-state index in [1.807, 2.05) is 31.3 Å². The van der Waals surface area contributed by atoms with Crippen LogP contribution < -0.4 is 14.8 Å². The molecule has 0 fully saturated rings. The Kier molecular flexibility index (Phi) is 6.41. The first-order valence-corrected chi connectivity index (χ1v) is 9.31. The summed E-state index contributed by atoms with van der Waals surface area (Å²) >= 11 is 0. The van der Waals surface area contributed by atoms with Crippen LogP contribution in [-0.4, -0.2) is 49.3 Å². The highest BCUT2D eigenvalue weighted by Crippen LogP contribution is 2.31. The minimum absolute atomic E-state index is 0.291. The lowest BCUT2D eigenvalue weighted by atomic mass is 10.1. The fourth-order valence-corrected chi connectivity index (χ4v) is 3.01. The number of phenols is 1. The van der Waals surface area contributed by atoms with E-state index in [1.165, 1.54) is 0 Å². The fraction of sp³-hybridized carbons (Fsp3) is 0.381. The summed E-state index contributed by atoms with van der Waals surface area (Å²) in [6.45, 7) is 5.42. The van der Waals surface area contributed by atoms with Crippen LogP contribution in [0, 0.1) is 0 Å². The molecule has 0 saturated carbocycles. The van der Waals surface area contributed by atoms with Gasteiger partial charge in [0.15, 0.2) is 17.5 Å². The fourth-order valence-electron chi connectivity index (χ4n) is 3.01. The van der Waals surface area contributed by atoms with Crippen LogP contribution in [0.15, 0.2) is 47.5 Å². The molecule has 144 valence electrons. The van der Waals surface area contributed by atoms with Gasteiger partial charge in [-0.1, -0.05) is 18.2 Å². The van der Waals surface area contributed by atoms with Crippen LogP contribution in [0.1, 0.15) is 18.1 Å². The molecule has 0 unspecified atom stereocenters. The normalized spacial score (nSPS) is 13.3. The SMILES string of the molecule is CCNC(=NCCc1cccc(O)c1)N(C)Cc1ccc2c(c1)OCCO2. The summed E-state index contributed by atoms with van der Waals surface area (Å²) in [6, 6.07) is 13.4. The third-order valence-corrected chi connectivity index (χ3v) is 4.30. The highest BCUT2D eigenvalue weighted by Gasteiger charge is 2.13. The molecule has 1 aliphatic rings. The molecule has 27 heavy (non-hydrogen) atoms. The first-order valence-electron chi connectivity index (χ1n) is 9.31. The summed E-state index contributed by atoms with van der Waals surface area (Å²) in [6.07, 6.45) is 0.779. The van der Waals surface area contributed by atoms with E-state index in [-0.39, 0.29) is 0 Å². The molecular formula is C21H27N3O3. The average Bonchev–Trinajstić information content (AvgIpc) is 2.67. The number of fused-ring (bicyclic) bond motifs is 1. The molecule has 0 aromatic heterocycles. The van der Waals surface area contributed by atoms with E-state index in [1.54, 1.807) is 12.1 Å². The summed E-state index contributed by atoms with van der Waals surface area (Å²) in [7, 11) is 2.02. The Labute approximate surface area is 160 Å². The maximum atomic E-state index is 9.57. The Bertz CT molecular complexity index is 792. The number of phenolic OH excluding ortho intramolecular Hbond substituents is 1. The van der Waals surface area contributed by atoms with Gasteiger partial charge in [0.1, 0.15) is 19.0 Å². The van der Waals surface area contributed by atoms with Gasteiger partial charge in [0.05, 0.1) is 0 Å². The van der Waals surface area contributed by atoms with Crippen LogP contribution in [0.3, 0.4) is 0 Å². The molecule has 2 aromatic rings. The quantitative estimate of drug-likeness (QED) is 0.605. The molecule has 0 amide bonds. The lowest BCUT2D eigenvalue weighted by Gasteiger charge is -2.24. The van der Waals surface area contributed by atoms with Crippen molar-refractivity contribution in [2.45, 2.75) is 19.9 Å². The molecular weight excluding hydrogens is 342 g/mol. The zero-order chi connectivity index (χ0) is 19.1. The van der Waals surface area contributed by atoms with E-state index in [4.69, 9.17) is 14.5 Å². The van der Waals surface area contributed by atoms with Crippen molar-refractivity contribution < 1.29 is 14.6 Å². The molecule has 0 atom stereocenters. The molecule has 1 aliphatic heterocycles. The molecule has 1 heterocycles. The van der Waals surface area contributed by atoms with E-state index in [9.17, 15) is 5.11 Å². The molecule has 6 heteroatoms. The van der Waals surface area contributed by atoms with Crippen molar-refractivity contribution in [3.63, 3.8) is 0 Å². The van der Waals surface area contributed by atoms with Crippen molar-refractivity contribution in [2.24, 2.45) is 4.99 Å². The number of aromatic hydroxyl groups is 1. The molecule has 0 aliphatic carbocycles. The van der Waals surface area contributed by atoms with Crippen LogP contribution >= 0.6 is 0 Å². The van der Waals surface area contributed by atoms with Crippen LogP contribution in [0.4, 0.5) is 0 Å². The summed E-state index contributed by atoms with van der Waals surface area (Å²) < 4.78 is 11.2. The molecule has 0 radical (unpaired) electrons. The smallest absolute Gasteiger partial charge is 0.193 e. The van der Waals surface area contributed by atoms with Crippen LogP contribution in [-0.2, 0) is 13.0 Å². The Hall–Kier alpha value is -2.89. The maximum absolute atomic E-state index is 9.57.